The highest BCUT2D eigenvalue weighted by Gasteiger charge is 2.07. The Morgan fingerprint density at radius 1 is 1.35 bits per heavy atom. The third-order valence-electron chi connectivity index (χ3n) is 2.65. The summed E-state index contributed by atoms with van der Waals surface area (Å²) >= 11 is 6.17. The number of nitrogens with zero attached hydrogens (tertiary/aromatic N) is 2. The molecule has 0 aliphatic heterocycles. The first-order chi connectivity index (χ1) is 8.20. The van der Waals surface area contributed by atoms with Gasteiger partial charge < -0.3 is 4.74 Å². The summed E-state index contributed by atoms with van der Waals surface area (Å²) in [6.45, 7) is 2.57. The zero-order valence-corrected chi connectivity index (χ0v) is 10.7. The second kappa shape index (κ2) is 5.23. The molecule has 0 aliphatic rings. The third kappa shape index (κ3) is 2.80. The molecular formula is C13H15ClN2O. The van der Waals surface area contributed by atoms with E-state index in [1.54, 1.807) is 4.68 Å². The number of aromatic nitrogens is 2. The van der Waals surface area contributed by atoms with Crippen LogP contribution in [0.4, 0.5) is 0 Å². The molecule has 0 bridgehead atoms. The van der Waals surface area contributed by atoms with Crippen LogP contribution in [0.3, 0.4) is 0 Å². The molecule has 4 heteroatoms. The first kappa shape index (κ1) is 12.0. The molecule has 0 atom stereocenters. The van der Waals surface area contributed by atoms with Crippen LogP contribution in [0.2, 0.25) is 5.02 Å². The Bertz CT molecular complexity index is 508. The Hall–Kier alpha value is -1.48. The second-order valence-electron chi connectivity index (χ2n) is 3.85. The van der Waals surface area contributed by atoms with Gasteiger partial charge in [0.15, 0.2) is 0 Å². The highest BCUT2D eigenvalue weighted by atomic mass is 35.5. The molecule has 0 N–H and O–H groups in total. The zero-order chi connectivity index (χ0) is 12.3. The van der Waals surface area contributed by atoms with Gasteiger partial charge in [-0.1, -0.05) is 30.7 Å². The van der Waals surface area contributed by atoms with E-state index >= 15 is 0 Å². The van der Waals surface area contributed by atoms with E-state index in [9.17, 15) is 0 Å². The van der Waals surface area contributed by atoms with E-state index in [2.05, 4.69) is 18.1 Å². The van der Waals surface area contributed by atoms with E-state index < -0.39 is 0 Å². The first-order valence-corrected chi connectivity index (χ1v) is 5.97. The first-order valence-electron chi connectivity index (χ1n) is 5.59. The van der Waals surface area contributed by atoms with Crippen molar-refractivity contribution in [2.45, 2.75) is 20.0 Å². The van der Waals surface area contributed by atoms with E-state index in [4.69, 9.17) is 16.3 Å². The minimum atomic E-state index is 0.458. The molecule has 0 fully saturated rings. The smallest absolute Gasteiger partial charge is 0.233 e. The van der Waals surface area contributed by atoms with Crippen molar-refractivity contribution < 1.29 is 4.74 Å². The lowest BCUT2D eigenvalue weighted by molar-refractivity contribution is 0.290. The Morgan fingerprint density at radius 3 is 2.82 bits per heavy atom. The lowest BCUT2D eigenvalue weighted by Crippen LogP contribution is -2.01. The number of rotatable bonds is 4. The molecule has 0 spiro atoms. The van der Waals surface area contributed by atoms with Crippen LogP contribution in [0.5, 0.6) is 5.88 Å². The summed E-state index contributed by atoms with van der Waals surface area (Å²) in [7, 11) is 1.86. The lowest BCUT2D eigenvalue weighted by atomic mass is 10.1. The van der Waals surface area contributed by atoms with E-state index in [0.717, 1.165) is 17.0 Å². The van der Waals surface area contributed by atoms with Crippen LogP contribution in [0.15, 0.2) is 30.5 Å². The molecule has 2 rings (SSSR count). The lowest BCUT2D eigenvalue weighted by Gasteiger charge is -2.10. The van der Waals surface area contributed by atoms with Gasteiger partial charge >= 0.3 is 0 Å². The topological polar surface area (TPSA) is 27.1 Å². The monoisotopic (exact) mass is 250 g/mol. The summed E-state index contributed by atoms with van der Waals surface area (Å²) in [5.41, 5.74) is 2.26. The Labute approximate surface area is 106 Å². The summed E-state index contributed by atoms with van der Waals surface area (Å²) in [4.78, 5) is 0. The minimum absolute atomic E-state index is 0.458. The predicted molar refractivity (Wildman–Crippen MR) is 68.4 cm³/mol. The van der Waals surface area contributed by atoms with Gasteiger partial charge in [0.05, 0.1) is 0 Å². The average molecular weight is 251 g/mol. The largest absolute Gasteiger partial charge is 0.472 e. The number of halogens is 1. The molecule has 1 aromatic heterocycles. The quantitative estimate of drug-likeness (QED) is 0.833. The fraction of sp³-hybridized carbons (Fsp3) is 0.308. The molecule has 0 unspecified atom stereocenters. The molecule has 0 radical (unpaired) electrons. The standard InChI is InChI=1S/C13H15ClN2O/c1-3-10-5-4-6-12(14)11(10)9-17-13-7-8-16(2)15-13/h4-8H,3,9H2,1-2H3. The molecule has 0 amide bonds. The molecule has 0 aliphatic carbocycles. The van der Waals surface area contributed by atoms with Crippen molar-refractivity contribution >= 4 is 11.6 Å². The van der Waals surface area contributed by atoms with Crippen LogP contribution < -0.4 is 4.74 Å². The molecule has 0 saturated heterocycles. The Kier molecular flexibility index (Phi) is 3.69. The molecule has 17 heavy (non-hydrogen) atoms. The molecule has 3 nitrogen and oxygen atoms in total. The number of ether oxygens (including phenoxy) is 1. The number of aryl methyl sites for hydroxylation is 2. The molecule has 1 heterocycles. The van der Waals surface area contributed by atoms with Gasteiger partial charge in [0.1, 0.15) is 6.61 Å². The van der Waals surface area contributed by atoms with Crippen LogP contribution in [-0.2, 0) is 20.1 Å². The summed E-state index contributed by atoms with van der Waals surface area (Å²) < 4.78 is 7.33. The highest BCUT2D eigenvalue weighted by molar-refractivity contribution is 6.31. The van der Waals surface area contributed by atoms with Crippen molar-refractivity contribution in [1.82, 2.24) is 9.78 Å². The maximum atomic E-state index is 6.17. The van der Waals surface area contributed by atoms with Gasteiger partial charge in [-0.2, -0.15) is 0 Å². The fourth-order valence-electron chi connectivity index (χ4n) is 1.71. The van der Waals surface area contributed by atoms with Crippen LogP contribution in [-0.4, -0.2) is 9.78 Å². The van der Waals surface area contributed by atoms with E-state index in [-0.39, 0.29) is 0 Å². The van der Waals surface area contributed by atoms with Crippen molar-refractivity contribution in [2.24, 2.45) is 7.05 Å². The normalized spacial score (nSPS) is 10.5. The summed E-state index contributed by atoms with van der Waals surface area (Å²) in [6, 6.07) is 7.76. The van der Waals surface area contributed by atoms with Crippen LogP contribution in [0.25, 0.3) is 0 Å². The molecular weight excluding hydrogens is 236 g/mol. The van der Waals surface area contributed by atoms with Crippen molar-refractivity contribution in [3.8, 4) is 5.88 Å². The van der Waals surface area contributed by atoms with Gasteiger partial charge in [0.25, 0.3) is 0 Å². The fourth-order valence-corrected chi connectivity index (χ4v) is 1.96. The van der Waals surface area contributed by atoms with Gasteiger partial charge in [-0.3, -0.25) is 4.68 Å². The van der Waals surface area contributed by atoms with Crippen LogP contribution in [0, 0.1) is 0 Å². The maximum absolute atomic E-state index is 6.17. The van der Waals surface area contributed by atoms with Gasteiger partial charge in [0.2, 0.25) is 5.88 Å². The summed E-state index contributed by atoms with van der Waals surface area (Å²) in [5, 5.41) is 4.91. The predicted octanol–water partition coefficient (Wildman–Crippen LogP) is 3.21. The SMILES string of the molecule is CCc1cccc(Cl)c1COc1ccn(C)n1. The zero-order valence-electron chi connectivity index (χ0n) is 9.98. The van der Waals surface area contributed by atoms with E-state index in [1.807, 2.05) is 31.4 Å². The molecule has 2 aromatic rings. The highest BCUT2D eigenvalue weighted by Crippen LogP contribution is 2.22. The van der Waals surface area contributed by atoms with Crippen LogP contribution in [0.1, 0.15) is 18.1 Å². The second-order valence-corrected chi connectivity index (χ2v) is 4.25. The summed E-state index contributed by atoms with van der Waals surface area (Å²) in [6.07, 6.45) is 2.80. The third-order valence-corrected chi connectivity index (χ3v) is 3.00. The molecule has 90 valence electrons. The Morgan fingerprint density at radius 2 is 2.18 bits per heavy atom. The van der Waals surface area contributed by atoms with E-state index in [0.29, 0.717) is 12.5 Å². The van der Waals surface area contributed by atoms with Crippen molar-refractivity contribution in [1.29, 1.82) is 0 Å². The number of benzene rings is 1. The minimum Gasteiger partial charge on any atom is -0.472 e. The van der Waals surface area contributed by atoms with Crippen molar-refractivity contribution in [2.75, 3.05) is 0 Å². The van der Waals surface area contributed by atoms with Gasteiger partial charge in [-0.15, -0.1) is 5.10 Å². The molecule has 0 saturated carbocycles. The molecule has 1 aromatic carbocycles. The number of hydrogen-bond donors (Lipinski definition) is 0. The average Bonchev–Trinajstić information content (AvgIpc) is 2.73. The van der Waals surface area contributed by atoms with Gasteiger partial charge in [0, 0.05) is 29.9 Å². The van der Waals surface area contributed by atoms with Gasteiger partial charge in [-0.05, 0) is 18.1 Å². The van der Waals surface area contributed by atoms with Gasteiger partial charge in [-0.25, -0.2) is 0 Å². The maximum Gasteiger partial charge on any atom is 0.233 e. The van der Waals surface area contributed by atoms with Crippen LogP contribution >= 0.6 is 11.6 Å². The Balaban J connectivity index is 2.13. The number of hydrogen-bond acceptors (Lipinski definition) is 2. The van der Waals surface area contributed by atoms with Crippen molar-refractivity contribution in [3.05, 3.63) is 46.6 Å². The van der Waals surface area contributed by atoms with E-state index in [1.165, 1.54) is 5.56 Å². The summed E-state index contributed by atoms with van der Waals surface area (Å²) in [5.74, 6) is 0.620. The van der Waals surface area contributed by atoms with Crippen molar-refractivity contribution in [3.63, 3.8) is 0 Å².